The fourth-order valence-corrected chi connectivity index (χ4v) is 3.78. The molecule has 120 valence electrons. The van der Waals surface area contributed by atoms with Crippen molar-refractivity contribution in [2.45, 2.75) is 71.8 Å². The van der Waals surface area contributed by atoms with Crippen LogP contribution >= 0.6 is 0 Å². The molecule has 2 nitrogen and oxygen atoms in total. The highest BCUT2D eigenvalue weighted by Gasteiger charge is 2.28. The molecule has 1 rings (SSSR count). The fraction of sp³-hybridized carbons (Fsp3) is 1.00. The molecule has 1 saturated carbocycles. The van der Waals surface area contributed by atoms with E-state index < -0.39 is 8.07 Å². The van der Waals surface area contributed by atoms with Gasteiger partial charge >= 0.3 is 0 Å². The molecule has 0 aliphatic heterocycles. The number of hydrogen-bond donors (Lipinski definition) is 0. The van der Waals surface area contributed by atoms with Gasteiger partial charge in [0.25, 0.3) is 0 Å². The second-order valence-corrected chi connectivity index (χ2v) is 13.9. The van der Waals surface area contributed by atoms with Gasteiger partial charge in [-0.25, -0.2) is 0 Å². The van der Waals surface area contributed by atoms with Gasteiger partial charge in [-0.2, -0.15) is 0 Å². The summed E-state index contributed by atoms with van der Waals surface area (Å²) in [6, 6.07) is 1.25. The van der Waals surface area contributed by atoms with Crippen LogP contribution in [0.1, 0.15) is 40.0 Å². The van der Waals surface area contributed by atoms with E-state index in [4.69, 9.17) is 9.47 Å². The molecule has 0 aromatic heterocycles. The molecule has 1 aliphatic rings. The molecule has 1 aliphatic carbocycles. The first-order valence-electron chi connectivity index (χ1n) is 8.47. The predicted molar refractivity (Wildman–Crippen MR) is 90.1 cm³/mol. The fourth-order valence-electron chi connectivity index (χ4n) is 3.03. The Balaban J connectivity index is 2.12. The van der Waals surface area contributed by atoms with Crippen LogP contribution in [0.15, 0.2) is 0 Å². The summed E-state index contributed by atoms with van der Waals surface area (Å²) in [6.07, 6.45) is 4.32. The quantitative estimate of drug-likeness (QED) is 0.473. The Kier molecular flexibility index (Phi) is 7.77. The largest absolute Gasteiger partial charge is 0.379 e. The molecule has 0 bridgehead atoms. The summed E-state index contributed by atoms with van der Waals surface area (Å²) >= 11 is 0. The second-order valence-electron chi connectivity index (χ2n) is 8.23. The van der Waals surface area contributed by atoms with Crippen molar-refractivity contribution in [1.29, 1.82) is 0 Å². The zero-order chi connectivity index (χ0) is 15.2. The summed E-state index contributed by atoms with van der Waals surface area (Å²) in [5, 5.41) is 0. The van der Waals surface area contributed by atoms with Crippen LogP contribution in [0.2, 0.25) is 25.7 Å². The van der Waals surface area contributed by atoms with Crippen LogP contribution in [0.3, 0.4) is 0 Å². The van der Waals surface area contributed by atoms with Crippen molar-refractivity contribution in [2.75, 3.05) is 19.8 Å². The Morgan fingerprint density at radius 3 is 2.30 bits per heavy atom. The van der Waals surface area contributed by atoms with Gasteiger partial charge in [0.05, 0.1) is 19.3 Å². The second kappa shape index (κ2) is 8.55. The van der Waals surface area contributed by atoms with Crippen LogP contribution < -0.4 is 0 Å². The van der Waals surface area contributed by atoms with Crippen LogP contribution in [0, 0.1) is 17.8 Å². The normalized spacial score (nSPS) is 28.1. The average molecular weight is 301 g/mol. The molecule has 20 heavy (non-hydrogen) atoms. The van der Waals surface area contributed by atoms with Crippen molar-refractivity contribution >= 4 is 8.07 Å². The molecule has 0 amide bonds. The van der Waals surface area contributed by atoms with Crippen molar-refractivity contribution < 1.29 is 9.47 Å². The van der Waals surface area contributed by atoms with Crippen LogP contribution in [-0.2, 0) is 9.47 Å². The first-order valence-corrected chi connectivity index (χ1v) is 12.2. The van der Waals surface area contributed by atoms with Gasteiger partial charge < -0.3 is 9.47 Å². The molecule has 0 radical (unpaired) electrons. The van der Waals surface area contributed by atoms with Gasteiger partial charge in [0.1, 0.15) is 0 Å². The first-order chi connectivity index (χ1) is 9.28. The molecule has 3 atom stereocenters. The molecule has 3 unspecified atom stereocenters. The van der Waals surface area contributed by atoms with Gasteiger partial charge in [0.15, 0.2) is 0 Å². The summed E-state index contributed by atoms with van der Waals surface area (Å²) in [5.41, 5.74) is 0. The Bertz CT molecular complexity index is 260. The minimum absolute atomic E-state index is 0.465. The highest BCUT2D eigenvalue weighted by molar-refractivity contribution is 6.76. The van der Waals surface area contributed by atoms with Crippen molar-refractivity contribution in [2.24, 2.45) is 17.8 Å². The number of hydrogen-bond acceptors (Lipinski definition) is 2. The van der Waals surface area contributed by atoms with Crippen molar-refractivity contribution in [3.05, 3.63) is 0 Å². The Hall–Kier alpha value is 0.137. The highest BCUT2D eigenvalue weighted by atomic mass is 28.3. The molecular formula is C17H36O2Si. The Morgan fingerprint density at radius 2 is 1.70 bits per heavy atom. The zero-order valence-corrected chi connectivity index (χ0v) is 15.6. The maximum absolute atomic E-state index is 6.05. The van der Waals surface area contributed by atoms with Crippen molar-refractivity contribution in [1.82, 2.24) is 0 Å². The summed E-state index contributed by atoms with van der Waals surface area (Å²) in [7, 11) is -0.946. The lowest BCUT2D eigenvalue weighted by atomic mass is 9.75. The third-order valence-electron chi connectivity index (χ3n) is 4.46. The minimum atomic E-state index is -0.946. The zero-order valence-electron chi connectivity index (χ0n) is 14.6. The van der Waals surface area contributed by atoms with Gasteiger partial charge in [-0.1, -0.05) is 40.4 Å². The first kappa shape index (κ1) is 18.2. The van der Waals surface area contributed by atoms with Crippen LogP contribution in [0.5, 0.6) is 0 Å². The van der Waals surface area contributed by atoms with E-state index in [9.17, 15) is 0 Å². The molecule has 0 N–H and O–H groups in total. The lowest BCUT2D eigenvalue weighted by Crippen LogP contribution is -2.31. The average Bonchev–Trinajstić information content (AvgIpc) is 2.31. The van der Waals surface area contributed by atoms with E-state index in [-0.39, 0.29) is 0 Å². The van der Waals surface area contributed by atoms with Crippen molar-refractivity contribution in [3.63, 3.8) is 0 Å². The van der Waals surface area contributed by atoms with E-state index in [0.29, 0.717) is 6.10 Å². The van der Waals surface area contributed by atoms with Gasteiger partial charge in [0.2, 0.25) is 0 Å². The van der Waals surface area contributed by atoms with Gasteiger partial charge in [-0.3, -0.25) is 0 Å². The highest BCUT2D eigenvalue weighted by Crippen LogP contribution is 2.34. The summed E-state index contributed by atoms with van der Waals surface area (Å²) in [5.74, 6) is 2.45. The third-order valence-corrected chi connectivity index (χ3v) is 6.16. The van der Waals surface area contributed by atoms with Crippen LogP contribution in [0.25, 0.3) is 0 Å². The lowest BCUT2D eigenvalue weighted by Gasteiger charge is -2.35. The SMILES string of the molecule is CC1CC(OCCOCC[Si](C)(C)C)CC(C(C)C)C1. The van der Waals surface area contributed by atoms with E-state index in [0.717, 1.165) is 37.6 Å². The van der Waals surface area contributed by atoms with E-state index >= 15 is 0 Å². The standard InChI is InChI=1S/C17H36O2Si/c1-14(2)16-11-15(3)12-17(13-16)19-8-7-18-9-10-20(4,5)6/h14-17H,7-13H2,1-6H3. The third kappa shape index (κ3) is 7.80. The van der Waals surface area contributed by atoms with Crippen LogP contribution in [0.4, 0.5) is 0 Å². The predicted octanol–water partition coefficient (Wildman–Crippen LogP) is 4.82. The molecule has 0 aromatic rings. The monoisotopic (exact) mass is 300 g/mol. The minimum Gasteiger partial charge on any atom is -0.379 e. The lowest BCUT2D eigenvalue weighted by molar-refractivity contribution is -0.0335. The molecule has 0 heterocycles. The topological polar surface area (TPSA) is 18.5 Å². The summed E-state index contributed by atoms with van der Waals surface area (Å²) in [6.45, 7) is 16.7. The smallest absolute Gasteiger partial charge is 0.0704 e. The molecule has 0 aromatic carbocycles. The Labute approximate surface area is 127 Å². The molecule has 3 heteroatoms. The van der Waals surface area contributed by atoms with Crippen LogP contribution in [-0.4, -0.2) is 34.0 Å². The molecule has 0 saturated heterocycles. The number of ether oxygens (including phenoxy) is 2. The molecule has 1 fully saturated rings. The number of rotatable bonds is 8. The molecular weight excluding hydrogens is 264 g/mol. The van der Waals surface area contributed by atoms with Gasteiger partial charge in [-0.15, -0.1) is 0 Å². The molecule has 0 spiro atoms. The van der Waals surface area contributed by atoms with E-state index in [1.807, 2.05) is 0 Å². The van der Waals surface area contributed by atoms with Gasteiger partial charge in [-0.05, 0) is 43.1 Å². The van der Waals surface area contributed by atoms with Crippen molar-refractivity contribution in [3.8, 4) is 0 Å². The van der Waals surface area contributed by atoms with Gasteiger partial charge in [0, 0.05) is 14.7 Å². The maximum atomic E-state index is 6.05. The maximum Gasteiger partial charge on any atom is 0.0704 e. The Morgan fingerprint density at radius 1 is 1.00 bits per heavy atom. The summed E-state index contributed by atoms with van der Waals surface area (Å²) in [4.78, 5) is 0. The summed E-state index contributed by atoms with van der Waals surface area (Å²) < 4.78 is 11.8. The van der Waals surface area contributed by atoms with E-state index in [1.54, 1.807) is 0 Å². The van der Waals surface area contributed by atoms with E-state index in [2.05, 4.69) is 40.4 Å². The van der Waals surface area contributed by atoms with E-state index in [1.165, 1.54) is 25.3 Å².